The summed E-state index contributed by atoms with van der Waals surface area (Å²) in [6.07, 6.45) is 0. The standard InChI is InChI=1S/C23H20N4O5/c1-12-5-7-17-16(9-12)21(28)26(3)23-25-24-19(27(17)23)11-31-22(29)20-13(2)15-10-14(30-4)6-8-18(15)32-20/h5-10H,11H2,1-4H3. The molecule has 3 heterocycles. The highest BCUT2D eigenvalue weighted by atomic mass is 16.5. The molecule has 0 aliphatic rings. The summed E-state index contributed by atoms with van der Waals surface area (Å²) in [6.45, 7) is 3.57. The van der Waals surface area contributed by atoms with Crippen LogP contribution in [0, 0.1) is 13.8 Å². The molecule has 2 aromatic carbocycles. The van der Waals surface area contributed by atoms with Gasteiger partial charge in [-0.3, -0.25) is 13.8 Å². The van der Waals surface area contributed by atoms with Crippen LogP contribution in [0.3, 0.4) is 0 Å². The first-order valence-electron chi connectivity index (χ1n) is 9.96. The average Bonchev–Trinajstić information content (AvgIpc) is 3.37. The van der Waals surface area contributed by atoms with Crippen molar-refractivity contribution in [2.75, 3.05) is 7.11 Å². The molecule has 162 valence electrons. The van der Waals surface area contributed by atoms with Gasteiger partial charge < -0.3 is 13.9 Å². The second kappa shape index (κ2) is 7.23. The first-order chi connectivity index (χ1) is 15.4. The lowest BCUT2D eigenvalue weighted by Crippen LogP contribution is -2.20. The molecular weight excluding hydrogens is 412 g/mol. The van der Waals surface area contributed by atoms with E-state index in [1.807, 2.05) is 31.2 Å². The lowest BCUT2D eigenvalue weighted by atomic mass is 10.1. The molecule has 0 saturated heterocycles. The van der Waals surface area contributed by atoms with Crippen LogP contribution in [0.1, 0.15) is 27.5 Å². The van der Waals surface area contributed by atoms with Gasteiger partial charge in [0.1, 0.15) is 11.3 Å². The second-order valence-electron chi connectivity index (χ2n) is 7.63. The lowest BCUT2D eigenvalue weighted by molar-refractivity contribution is 0.0426. The zero-order chi connectivity index (χ0) is 22.6. The number of aromatic nitrogens is 4. The third kappa shape index (κ3) is 2.93. The molecule has 0 aliphatic carbocycles. The zero-order valence-corrected chi connectivity index (χ0v) is 18.0. The number of methoxy groups -OCH3 is 1. The third-order valence-electron chi connectivity index (χ3n) is 5.60. The summed E-state index contributed by atoms with van der Waals surface area (Å²) in [5.74, 6) is 0.941. The number of aryl methyl sites for hydroxylation is 3. The van der Waals surface area contributed by atoms with E-state index in [9.17, 15) is 9.59 Å². The highest BCUT2D eigenvalue weighted by Gasteiger charge is 2.21. The molecule has 0 radical (unpaired) electrons. The molecular formula is C23H20N4O5. The van der Waals surface area contributed by atoms with Gasteiger partial charge in [-0.1, -0.05) is 11.6 Å². The van der Waals surface area contributed by atoms with E-state index < -0.39 is 5.97 Å². The van der Waals surface area contributed by atoms with E-state index in [2.05, 4.69) is 10.2 Å². The lowest BCUT2D eigenvalue weighted by Gasteiger charge is -2.09. The number of rotatable bonds is 4. The number of carbonyl (C=O) groups excluding carboxylic acids is 1. The monoisotopic (exact) mass is 432 g/mol. The Morgan fingerprint density at radius 1 is 1.09 bits per heavy atom. The van der Waals surface area contributed by atoms with Crippen molar-refractivity contribution in [1.82, 2.24) is 19.2 Å². The van der Waals surface area contributed by atoms with E-state index in [4.69, 9.17) is 13.9 Å². The molecule has 9 nitrogen and oxygen atoms in total. The Labute approximate surface area is 181 Å². The van der Waals surface area contributed by atoms with E-state index in [0.29, 0.717) is 39.4 Å². The van der Waals surface area contributed by atoms with Crippen LogP contribution in [-0.2, 0) is 18.4 Å². The van der Waals surface area contributed by atoms with Gasteiger partial charge in [-0.05, 0) is 44.2 Å². The molecule has 0 bridgehead atoms. The number of carbonyl (C=O) groups is 1. The van der Waals surface area contributed by atoms with Crippen molar-refractivity contribution in [2.24, 2.45) is 7.05 Å². The summed E-state index contributed by atoms with van der Waals surface area (Å²) in [7, 11) is 3.21. The molecule has 5 aromatic rings. The van der Waals surface area contributed by atoms with Gasteiger partial charge in [0.05, 0.1) is 18.0 Å². The van der Waals surface area contributed by atoms with E-state index in [0.717, 1.165) is 10.9 Å². The van der Waals surface area contributed by atoms with Gasteiger partial charge in [0, 0.05) is 18.0 Å². The van der Waals surface area contributed by atoms with Gasteiger partial charge in [0.2, 0.25) is 11.5 Å². The SMILES string of the molecule is COc1ccc2oc(C(=O)OCc3nnc4n(C)c(=O)c5cc(C)ccc5n34)c(C)c2c1. The fourth-order valence-electron chi connectivity index (χ4n) is 3.87. The predicted octanol–water partition coefficient (Wildman–Crippen LogP) is 3.31. The molecule has 32 heavy (non-hydrogen) atoms. The largest absolute Gasteiger partial charge is 0.497 e. The minimum atomic E-state index is -0.612. The molecule has 9 heteroatoms. The van der Waals surface area contributed by atoms with Gasteiger partial charge in [0.15, 0.2) is 12.4 Å². The number of nitrogens with zero attached hydrogens (tertiary/aromatic N) is 4. The van der Waals surface area contributed by atoms with Crippen LogP contribution in [0.4, 0.5) is 0 Å². The molecule has 0 N–H and O–H groups in total. The van der Waals surface area contributed by atoms with Crippen molar-refractivity contribution in [1.29, 1.82) is 0 Å². The minimum Gasteiger partial charge on any atom is -0.497 e. The van der Waals surface area contributed by atoms with Crippen LogP contribution in [0.2, 0.25) is 0 Å². The molecule has 5 rings (SSSR count). The van der Waals surface area contributed by atoms with Crippen molar-refractivity contribution in [3.63, 3.8) is 0 Å². The zero-order valence-electron chi connectivity index (χ0n) is 18.0. The maximum absolute atomic E-state index is 12.8. The maximum atomic E-state index is 12.8. The molecule has 0 aliphatic heterocycles. The summed E-state index contributed by atoms with van der Waals surface area (Å²) < 4.78 is 19.6. The highest BCUT2D eigenvalue weighted by Crippen LogP contribution is 2.29. The Bertz CT molecular complexity index is 1590. The number of esters is 1. The molecule has 0 fully saturated rings. The smallest absolute Gasteiger partial charge is 0.375 e. The van der Waals surface area contributed by atoms with Crippen molar-refractivity contribution in [3.8, 4) is 5.75 Å². The molecule has 0 unspecified atom stereocenters. The van der Waals surface area contributed by atoms with Crippen molar-refractivity contribution in [3.05, 3.63) is 69.5 Å². The number of hydrogen-bond donors (Lipinski definition) is 0. The second-order valence-corrected chi connectivity index (χ2v) is 7.63. The van der Waals surface area contributed by atoms with Gasteiger partial charge in [-0.15, -0.1) is 10.2 Å². The predicted molar refractivity (Wildman–Crippen MR) is 117 cm³/mol. The summed E-state index contributed by atoms with van der Waals surface area (Å²) in [5, 5.41) is 9.59. The van der Waals surface area contributed by atoms with Crippen LogP contribution < -0.4 is 10.3 Å². The van der Waals surface area contributed by atoms with Crippen LogP contribution in [0.15, 0.2) is 45.6 Å². The van der Waals surface area contributed by atoms with Gasteiger partial charge in [-0.25, -0.2) is 4.79 Å². The van der Waals surface area contributed by atoms with Crippen LogP contribution in [0.25, 0.3) is 27.6 Å². The van der Waals surface area contributed by atoms with E-state index in [1.54, 1.807) is 37.6 Å². The van der Waals surface area contributed by atoms with Crippen LogP contribution >= 0.6 is 0 Å². The first kappa shape index (κ1) is 19.8. The number of benzene rings is 2. The number of ether oxygens (including phenoxy) is 2. The Hall–Kier alpha value is -4.14. The summed E-state index contributed by atoms with van der Waals surface area (Å²) in [5.41, 5.74) is 2.68. The summed E-state index contributed by atoms with van der Waals surface area (Å²) in [4.78, 5) is 25.5. The summed E-state index contributed by atoms with van der Waals surface area (Å²) >= 11 is 0. The molecule has 3 aromatic heterocycles. The fraction of sp³-hybridized carbons (Fsp3) is 0.217. The Morgan fingerprint density at radius 3 is 2.69 bits per heavy atom. The van der Waals surface area contributed by atoms with E-state index in [-0.39, 0.29) is 17.9 Å². The third-order valence-corrected chi connectivity index (χ3v) is 5.60. The highest BCUT2D eigenvalue weighted by molar-refractivity contribution is 5.96. The Kier molecular flexibility index (Phi) is 4.47. The first-order valence-corrected chi connectivity index (χ1v) is 9.96. The number of furan rings is 1. The van der Waals surface area contributed by atoms with Crippen molar-refractivity contribution in [2.45, 2.75) is 20.5 Å². The Balaban J connectivity index is 1.51. The quantitative estimate of drug-likeness (QED) is 0.402. The van der Waals surface area contributed by atoms with E-state index >= 15 is 0 Å². The molecule has 0 amide bonds. The van der Waals surface area contributed by atoms with Gasteiger partial charge in [-0.2, -0.15) is 0 Å². The molecule has 0 atom stereocenters. The fourth-order valence-corrected chi connectivity index (χ4v) is 3.87. The maximum Gasteiger partial charge on any atom is 0.375 e. The average molecular weight is 432 g/mol. The van der Waals surface area contributed by atoms with E-state index in [1.165, 1.54) is 4.57 Å². The van der Waals surface area contributed by atoms with Crippen molar-refractivity contribution >= 4 is 33.6 Å². The van der Waals surface area contributed by atoms with Gasteiger partial charge >= 0.3 is 5.97 Å². The normalized spacial score (nSPS) is 11.5. The van der Waals surface area contributed by atoms with Crippen LogP contribution in [0.5, 0.6) is 5.75 Å². The topological polar surface area (TPSA) is 101 Å². The van der Waals surface area contributed by atoms with Crippen LogP contribution in [-0.4, -0.2) is 32.2 Å². The molecule has 0 saturated carbocycles. The Morgan fingerprint density at radius 2 is 1.91 bits per heavy atom. The minimum absolute atomic E-state index is 0.120. The number of hydrogen-bond acceptors (Lipinski definition) is 7. The summed E-state index contributed by atoms with van der Waals surface area (Å²) in [6, 6.07) is 10.9. The molecule has 0 spiro atoms. The van der Waals surface area contributed by atoms with Gasteiger partial charge in [0.25, 0.3) is 5.56 Å². The number of fused-ring (bicyclic) bond motifs is 4. The van der Waals surface area contributed by atoms with Crippen molar-refractivity contribution < 1.29 is 18.7 Å².